The fourth-order valence-electron chi connectivity index (χ4n) is 3.36. The molecule has 1 heterocycles. The highest BCUT2D eigenvalue weighted by atomic mass is 16.5. The van der Waals surface area contributed by atoms with Gasteiger partial charge >= 0.3 is 5.97 Å². The van der Waals surface area contributed by atoms with Crippen LogP contribution in [-0.2, 0) is 4.79 Å². The molecule has 0 aromatic heterocycles. The molecule has 2 aliphatic rings. The minimum absolute atomic E-state index is 0.196. The Kier molecular flexibility index (Phi) is 5.09. The Labute approximate surface area is 145 Å². The second kappa shape index (κ2) is 7.10. The first-order chi connectivity index (χ1) is 11.4. The third kappa shape index (κ3) is 4.07. The molecule has 1 aromatic rings. The number of hydrogen-bond donors (Lipinski definition) is 0. The Morgan fingerprint density at radius 1 is 1.12 bits per heavy atom. The van der Waals surface area contributed by atoms with E-state index in [1.807, 2.05) is 32.9 Å². The molecule has 0 radical (unpaired) electrons. The molecule has 3 nitrogen and oxygen atoms in total. The van der Waals surface area contributed by atoms with E-state index in [4.69, 9.17) is 4.74 Å². The van der Waals surface area contributed by atoms with Crippen LogP contribution in [-0.4, -0.2) is 30.0 Å². The Balaban J connectivity index is 1.69. The van der Waals surface area contributed by atoms with Gasteiger partial charge in [-0.1, -0.05) is 30.2 Å². The van der Waals surface area contributed by atoms with Crippen molar-refractivity contribution in [1.29, 1.82) is 0 Å². The van der Waals surface area contributed by atoms with Gasteiger partial charge in [0.05, 0.1) is 5.41 Å². The van der Waals surface area contributed by atoms with Gasteiger partial charge in [0.15, 0.2) is 0 Å². The Hall–Kier alpha value is -1.61. The Morgan fingerprint density at radius 3 is 2.42 bits per heavy atom. The molecule has 2 fully saturated rings. The highest BCUT2D eigenvalue weighted by Gasteiger charge is 2.28. The topological polar surface area (TPSA) is 29.5 Å². The molecule has 3 heteroatoms. The SMILES string of the molecule is CC(C)(C)C(=O)Oc1ccc(C=C2CCCCC2N2CCC2)cc1. The van der Waals surface area contributed by atoms with Gasteiger partial charge in [-0.15, -0.1) is 0 Å². The molecule has 1 aromatic carbocycles. The summed E-state index contributed by atoms with van der Waals surface area (Å²) in [6.45, 7) is 8.11. The first-order valence-electron chi connectivity index (χ1n) is 9.20. The lowest BCUT2D eigenvalue weighted by Gasteiger charge is -2.42. The van der Waals surface area contributed by atoms with Crippen LogP contribution < -0.4 is 4.74 Å². The highest BCUT2D eigenvalue weighted by Crippen LogP contribution is 2.32. The van der Waals surface area contributed by atoms with Crippen LogP contribution in [0.15, 0.2) is 29.8 Å². The lowest BCUT2D eigenvalue weighted by Crippen LogP contribution is -2.46. The molecule has 1 atom stereocenters. The van der Waals surface area contributed by atoms with Crippen LogP contribution in [0.2, 0.25) is 0 Å². The van der Waals surface area contributed by atoms with Crippen molar-refractivity contribution in [3.63, 3.8) is 0 Å². The van der Waals surface area contributed by atoms with Gasteiger partial charge in [0, 0.05) is 6.04 Å². The van der Waals surface area contributed by atoms with Crippen LogP contribution in [0.3, 0.4) is 0 Å². The van der Waals surface area contributed by atoms with Gasteiger partial charge in [-0.3, -0.25) is 9.69 Å². The largest absolute Gasteiger partial charge is 0.426 e. The van der Waals surface area contributed by atoms with E-state index in [9.17, 15) is 4.79 Å². The quantitative estimate of drug-likeness (QED) is 0.597. The minimum Gasteiger partial charge on any atom is -0.426 e. The van der Waals surface area contributed by atoms with Crippen molar-refractivity contribution in [3.8, 4) is 5.75 Å². The zero-order valence-electron chi connectivity index (χ0n) is 15.2. The summed E-state index contributed by atoms with van der Waals surface area (Å²) in [5.41, 5.74) is 2.29. The Morgan fingerprint density at radius 2 is 1.83 bits per heavy atom. The zero-order valence-corrected chi connectivity index (χ0v) is 15.2. The monoisotopic (exact) mass is 327 g/mol. The van der Waals surface area contributed by atoms with E-state index in [1.54, 1.807) is 5.57 Å². The molecule has 1 aliphatic heterocycles. The van der Waals surface area contributed by atoms with Gasteiger partial charge < -0.3 is 4.74 Å². The maximum atomic E-state index is 12.0. The van der Waals surface area contributed by atoms with E-state index in [1.165, 1.54) is 50.8 Å². The summed E-state index contributed by atoms with van der Waals surface area (Å²) in [7, 11) is 0. The van der Waals surface area contributed by atoms with E-state index in [0.717, 1.165) is 0 Å². The van der Waals surface area contributed by atoms with Crippen LogP contribution >= 0.6 is 0 Å². The van der Waals surface area contributed by atoms with Gasteiger partial charge in [0.25, 0.3) is 0 Å². The number of nitrogens with zero attached hydrogens (tertiary/aromatic N) is 1. The first-order valence-corrected chi connectivity index (χ1v) is 9.20. The van der Waals surface area contributed by atoms with Gasteiger partial charge in [0.1, 0.15) is 5.75 Å². The van der Waals surface area contributed by atoms with Crippen molar-refractivity contribution < 1.29 is 9.53 Å². The summed E-state index contributed by atoms with van der Waals surface area (Å²) in [6.07, 6.45) is 8.85. The predicted molar refractivity (Wildman–Crippen MR) is 98.0 cm³/mol. The molecule has 130 valence electrons. The van der Waals surface area contributed by atoms with Crippen LogP contribution in [0.1, 0.15) is 58.4 Å². The predicted octanol–water partition coefficient (Wildman–Crippen LogP) is 4.67. The summed E-state index contributed by atoms with van der Waals surface area (Å²) in [4.78, 5) is 14.6. The standard InChI is InChI=1S/C21H29NO2/c1-21(2,3)20(23)24-18-11-9-16(10-12-18)15-17-7-4-5-8-19(17)22-13-6-14-22/h9-12,15,19H,4-8,13-14H2,1-3H3. The van der Waals surface area contributed by atoms with E-state index >= 15 is 0 Å². The molecular formula is C21H29NO2. The molecule has 3 rings (SSSR count). The number of ether oxygens (including phenoxy) is 1. The van der Waals surface area contributed by atoms with Crippen LogP contribution in [0.4, 0.5) is 0 Å². The first kappa shape index (κ1) is 17.2. The van der Waals surface area contributed by atoms with E-state index in [-0.39, 0.29) is 5.97 Å². The average Bonchev–Trinajstić information content (AvgIpc) is 2.48. The molecule has 1 saturated heterocycles. The molecule has 1 saturated carbocycles. The summed E-state index contributed by atoms with van der Waals surface area (Å²) < 4.78 is 5.44. The van der Waals surface area contributed by atoms with E-state index in [0.29, 0.717) is 11.8 Å². The van der Waals surface area contributed by atoms with Crippen molar-refractivity contribution in [2.45, 2.75) is 58.9 Å². The van der Waals surface area contributed by atoms with Crippen molar-refractivity contribution in [1.82, 2.24) is 4.90 Å². The number of likely N-dealkylation sites (tertiary alicyclic amines) is 1. The lowest BCUT2D eigenvalue weighted by atomic mass is 9.86. The molecule has 1 unspecified atom stereocenters. The summed E-state index contributed by atoms with van der Waals surface area (Å²) in [5.74, 6) is 0.429. The van der Waals surface area contributed by atoms with Gasteiger partial charge in [-0.25, -0.2) is 0 Å². The number of carbonyl (C=O) groups excluding carboxylic acids is 1. The van der Waals surface area contributed by atoms with Crippen molar-refractivity contribution in [3.05, 3.63) is 35.4 Å². The van der Waals surface area contributed by atoms with Gasteiger partial charge in [-0.05, 0) is 77.2 Å². The summed E-state index contributed by atoms with van der Waals surface area (Å²) in [5, 5.41) is 0. The van der Waals surface area contributed by atoms with Gasteiger partial charge in [0.2, 0.25) is 0 Å². The molecular weight excluding hydrogens is 298 g/mol. The van der Waals surface area contributed by atoms with E-state index in [2.05, 4.69) is 23.1 Å². The van der Waals surface area contributed by atoms with Crippen LogP contribution in [0, 0.1) is 5.41 Å². The number of benzene rings is 1. The maximum Gasteiger partial charge on any atom is 0.316 e. The number of esters is 1. The second-order valence-electron chi connectivity index (χ2n) is 8.08. The van der Waals surface area contributed by atoms with Crippen molar-refractivity contribution >= 4 is 12.0 Å². The molecule has 0 amide bonds. The van der Waals surface area contributed by atoms with E-state index < -0.39 is 5.41 Å². The minimum atomic E-state index is -0.479. The summed E-state index contributed by atoms with van der Waals surface area (Å²) >= 11 is 0. The third-order valence-corrected chi connectivity index (χ3v) is 5.01. The Bertz CT molecular complexity index is 606. The number of rotatable bonds is 3. The molecule has 0 N–H and O–H groups in total. The molecule has 0 bridgehead atoms. The maximum absolute atomic E-state index is 12.0. The average molecular weight is 327 g/mol. The third-order valence-electron chi connectivity index (χ3n) is 5.01. The zero-order chi connectivity index (χ0) is 17.2. The molecule has 24 heavy (non-hydrogen) atoms. The fourth-order valence-corrected chi connectivity index (χ4v) is 3.36. The van der Waals surface area contributed by atoms with Crippen molar-refractivity contribution in [2.24, 2.45) is 5.41 Å². The molecule has 0 spiro atoms. The second-order valence-corrected chi connectivity index (χ2v) is 8.08. The molecule has 1 aliphatic carbocycles. The number of hydrogen-bond acceptors (Lipinski definition) is 3. The van der Waals surface area contributed by atoms with Crippen molar-refractivity contribution in [2.75, 3.05) is 13.1 Å². The highest BCUT2D eigenvalue weighted by molar-refractivity contribution is 5.77. The van der Waals surface area contributed by atoms with Gasteiger partial charge in [-0.2, -0.15) is 0 Å². The normalized spacial score (nSPS) is 23.8. The smallest absolute Gasteiger partial charge is 0.316 e. The lowest BCUT2D eigenvalue weighted by molar-refractivity contribution is -0.142. The summed E-state index contributed by atoms with van der Waals surface area (Å²) in [6, 6.07) is 8.56. The fraction of sp³-hybridized carbons (Fsp3) is 0.571. The van der Waals surface area contributed by atoms with Crippen LogP contribution in [0.5, 0.6) is 5.75 Å². The number of carbonyl (C=O) groups is 1. The van der Waals surface area contributed by atoms with Crippen LogP contribution in [0.25, 0.3) is 6.08 Å².